The van der Waals surface area contributed by atoms with Crippen LogP contribution in [-0.4, -0.2) is 35.9 Å². The van der Waals surface area contributed by atoms with Gasteiger partial charge in [-0.05, 0) is 53.9 Å². The summed E-state index contributed by atoms with van der Waals surface area (Å²) in [6, 6.07) is 4.03. The minimum Gasteiger partial charge on any atom is -0.480 e. The quantitative estimate of drug-likeness (QED) is 0.879. The Labute approximate surface area is 136 Å². The predicted molar refractivity (Wildman–Crippen MR) is 82.7 cm³/mol. The van der Waals surface area contributed by atoms with E-state index in [-0.39, 0.29) is 23.5 Å². The number of nitrogens with zero attached hydrogens (tertiary/aromatic N) is 1. The first-order valence-corrected chi connectivity index (χ1v) is 7.87. The standard InChI is InChI=1S/C15H18BrFN2O3/c1-9(22-13-3-2-11(17)8-12(13)16)15(21)19-6-4-10(5-7-19)14(18)20/h2-3,8-10H,4-7H2,1H3,(H2,18,20). The van der Waals surface area contributed by atoms with Gasteiger partial charge in [0, 0.05) is 19.0 Å². The Balaban J connectivity index is 1.94. The first kappa shape index (κ1) is 16.7. The molecule has 1 aromatic carbocycles. The summed E-state index contributed by atoms with van der Waals surface area (Å²) in [5, 5.41) is 0. The van der Waals surface area contributed by atoms with Gasteiger partial charge in [0.05, 0.1) is 4.47 Å². The van der Waals surface area contributed by atoms with Crippen molar-refractivity contribution in [3.63, 3.8) is 0 Å². The number of halogens is 2. The van der Waals surface area contributed by atoms with Crippen LogP contribution in [-0.2, 0) is 9.59 Å². The van der Waals surface area contributed by atoms with Crippen molar-refractivity contribution >= 4 is 27.7 Å². The lowest BCUT2D eigenvalue weighted by molar-refractivity contribution is -0.140. The van der Waals surface area contributed by atoms with E-state index >= 15 is 0 Å². The molecule has 1 aliphatic heterocycles. The molecule has 2 amide bonds. The maximum absolute atomic E-state index is 13.0. The maximum Gasteiger partial charge on any atom is 0.263 e. The lowest BCUT2D eigenvalue weighted by Gasteiger charge is -2.32. The average Bonchev–Trinajstić information content (AvgIpc) is 2.49. The summed E-state index contributed by atoms with van der Waals surface area (Å²) < 4.78 is 19.1. The number of hydrogen-bond donors (Lipinski definition) is 1. The molecule has 1 heterocycles. The van der Waals surface area contributed by atoms with Crippen LogP contribution >= 0.6 is 15.9 Å². The van der Waals surface area contributed by atoms with Gasteiger partial charge in [0.2, 0.25) is 5.91 Å². The number of likely N-dealkylation sites (tertiary alicyclic amines) is 1. The normalized spacial score (nSPS) is 17.1. The number of hydrogen-bond acceptors (Lipinski definition) is 3. The number of benzene rings is 1. The SMILES string of the molecule is CC(Oc1ccc(F)cc1Br)C(=O)N1CCC(C(N)=O)CC1. The minimum absolute atomic E-state index is 0.154. The average molecular weight is 373 g/mol. The topological polar surface area (TPSA) is 72.6 Å². The Morgan fingerprint density at radius 1 is 1.41 bits per heavy atom. The maximum atomic E-state index is 13.0. The molecule has 0 radical (unpaired) electrons. The number of piperidine rings is 1. The van der Waals surface area contributed by atoms with E-state index < -0.39 is 6.10 Å². The number of carbonyl (C=O) groups is 2. The van der Waals surface area contributed by atoms with Crippen LogP contribution in [0.1, 0.15) is 19.8 Å². The zero-order valence-corrected chi connectivity index (χ0v) is 13.8. The molecule has 5 nitrogen and oxygen atoms in total. The molecule has 0 aromatic heterocycles. The summed E-state index contributed by atoms with van der Waals surface area (Å²) >= 11 is 3.20. The molecule has 2 N–H and O–H groups in total. The fraction of sp³-hybridized carbons (Fsp3) is 0.467. The van der Waals surface area contributed by atoms with Gasteiger partial charge in [-0.2, -0.15) is 0 Å². The number of rotatable bonds is 4. The molecular formula is C15H18BrFN2O3. The monoisotopic (exact) mass is 372 g/mol. The summed E-state index contributed by atoms with van der Waals surface area (Å²) in [6.45, 7) is 2.63. The molecule has 0 aliphatic carbocycles. The summed E-state index contributed by atoms with van der Waals surface area (Å²) in [5.74, 6) is -0.599. The van der Waals surface area contributed by atoms with Crippen molar-refractivity contribution < 1.29 is 18.7 Å². The second kappa shape index (κ2) is 7.09. The Morgan fingerprint density at radius 3 is 2.59 bits per heavy atom. The van der Waals surface area contributed by atoms with E-state index in [0.717, 1.165) is 0 Å². The van der Waals surface area contributed by atoms with Gasteiger partial charge in [0.15, 0.2) is 6.10 Å². The van der Waals surface area contributed by atoms with E-state index in [2.05, 4.69) is 15.9 Å². The molecule has 120 valence electrons. The number of ether oxygens (including phenoxy) is 1. The first-order chi connectivity index (χ1) is 10.4. The van der Waals surface area contributed by atoms with Gasteiger partial charge in [-0.25, -0.2) is 4.39 Å². The first-order valence-electron chi connectivity index (χ1n) is 7.08. The van der Waals surface area contributed by atoms with Crippen LogP contribution in [0.4, 0.5) is 4.39 Å². The van der Waals surface area contributed by atoms with Crippen molar-refractivity contribution in [2.75, 3.05) is 13.1 Å². The van der Waals surface area contributed by atoms with E-state index in [0.29, 0.717) is 36.2 Å². The second-order valence-corrected chi connectivity index (χ2v) is 6.19. The molecular weight excluding hydrogens is 355 g/mol. The Kier molecular flexibility index (Phi) is 5.39. The van der Waals surface area contributed by atoms with E-state index in [9.17, 15) is 14.0 Å². The van der Waals surface area contributed by atoms with Gasteiger partial charge in [-0.15, -0.1) is 0 Å². The van der Waals surface area contributed by atoms with Crippen LogP contribution in [0, 0.1) is 11.7 Å². The summed E-state index contributed by atoms with van der Waals surface area (Å²) in [6.07, 6.45) is 0.467. The highest BCUT2D eigenvalue weighted by Crippen LogP contribution is 2.27. The molecule has 0 saturated carbocycles. The van der Waals surface area contributed by atoms with Crippen molar-refractivity contribution in [3.05, 3.63) is 28.5 Å². The van der Waals surface area contributed by atoms with E-state index in [4.69, 9.17) is 10.5 Å². The highest BCUT2D eigenvalue weighted by molar-refractivity contribution is 9.10. The third kappa shape index (κ3) is 3.97. The number of carbonyl (C=O) groups excluding carboxylic acids is 2. The van der Waals surface area contributed by atoms with Crippen LogP contribution < -0.4 is 10.5 Å². The highest BCUT2D eigenvalue weighted by atomic mass is 79.9. The van der Waals surface area contributed by atoms with Crippen LogP contribution in [0.5, 0.6) is 5.75 Å². The minimum atomic E-state index is -0.688. The Hall–Kier alpha value is -1.63. The smallest absolute Gasteiger partial charge is 0.263 e. The third-order valence-electron chi connectivity index (χ3n) is 3.75. The van der Waals surface area contributed by atoms with E-state index in [1.807, 2.05) is 0 Å². The lowest BCUT2D eigenvalue weighted by atomic mass is 9.96. The van der Waals surface area contributed by atoms with Crippen molar-refractivity contribution in [2.24, 2.45) is 11.7 Å². The molecule has 0 bridgehead atoms. The van der Waals surface area contributed by atoms with Crippen LogP contribution in [0.25, 0.3) is 0 Å². The largest absolute Gasteiger partial charge is 0.480 e. The fourth-order valence-electron chi connectivity index (χ4n) is 2.45. The number of nitrogens with two attached hydrogens (primary N) is 1. The molecule has 1 fully saturated rings. The zero-order valence-electron chi connectivity index (χ0n) is 12.2. The second-order valence-electron chi connectivity index (χ2n) is 5.34. The molecule has 1 aliphatic rings. The van der Waals surface area contributed by atoms with Gasteiger partial charge in [-0.3, -0.25) is 9.59 Å². The lowest BCUT2D eigenvalue weighted by Crippen LogP contribution is -2.46. The van der Waals surface area contributed by atoms with Crippen molar-refractivity contribution in [3.8, 4) is 5.75 Å². The Morgan fingerprint density at radius 2 is 2.05 bits per heavy atom. The van der Waals surface area contributed by atoms with Crippen LogP contribution in [0.3, 0.4) is 0 Å². The van der Waals surface area contributed by atoms with Gasteiger partial charge in [-0.1, -0.05) is 0 Å². The molecule has 1 saturated heterocycles. The van der Waals surface area contributed by atoms with E-state index in [1.165, 1.54) is 18.2 Å². The van der Waals surface area contributed by atoms with Gasteiger partial charge < -0.3 is 15.4 Å². The zero-order chi connectivity index (χ0) is 16.3. The van der Waals surface area contributed by atoms with Crippen molar-refractivity contribution in [1.82, 2.24) is 4.90 Å². The fourth-order valence-corrected chi connectivity index (χ4v) is 2.90. The van der Waals surface area contributed by atoms with Gasteiger partial charge >= 0.3 is 0 Å². The molecule has 1 unspecified atom stereocenters. The predicted octanol–water partition coefficient (Wildman–Crippen LogP) is 2.08. The van der Waals surface area contributed by atoms with Gasteiger partial charge in [0.1, 0.15) is 11.6 Å². The molecule has 2 rings (SSSR count). The van der Waals surface area contributed by atoms with E-state index in [1.54, 1.807) is 11.8 Å². The molecule has 0 spiro atoms. The molecule has 22 heavy (non-hydrogen) atoms. The van der Waals surface area contributed by atoms with Crippen LogP contribution in [0.2, 0.25) is 0 Å². The number of primary amides is 1. The summed E-state index contributed by atoms with van der Waals surface area (Å²) in [5.41, 5.74) is 5.28. The molecule has 1 atom stereocenters. The third-order valence-corrected chi connectivity index (χ3v) is 4.37. The van der Waals surface area contributed by atoms with Gasteiger partial charge in [0.25, 0.3) is 5.91 Å². The number of amides is 2. The van der Waals surface area contributed by atoms with Crippen molar-refractivity contribution in [2.45, 2.75) is 25.9 Å². The molecule has 7 heteroatoms. The molecule has 1 aromatic rings. The highest BCUT2D eigenvalue weighted by Gasteiger charge is 2.29. The van der Waals surface area contributed by atoms with Crippen molar-refractivity contribution in [1.29, 1.82) is 0 Å². The Bertz CT molecular complexity index is 574. The summed E-state index contributed by atoms with van der Waals surface area (Å²) in [7, 11) is 0. The summed E-state index contributed by atoms with van der Waals surface area (Å²) in [4.78, 5) is 25.1. The van der Waals surface area contributed by atoms with Crippen LogP contribution in [0.15, 0.2) is 22.7 Å².